The van der Waals surface area contributed by atoms with Gasteiger partial charge in [-0.05, 0) is 24.6 Å². The van der Waals surface area contributed by atoms with Crippen LogP contribution in [0.1, 0.15) is 12.5 Å². The molecular formula is C16H16N2O3. The van der Waals surface area contributed by atoms with Crippen LogP contribution in [-0.2, 0) is 10.3 Å². The van der Waals surface area contributed by atoms with Crippen molar-refractivity contribution in [3.63, 3.8) is 0 Å². The SMILES string of the molecule is CC(C(=O)O)(c1ccccc1)N(C(N)=O)c1ccccc1. The van der Waals surface area contributed by atoms with E-state index in [0.717, 1.165) is 4.90 Å². The molecule has 2 aromatic carbocycles. The number of para-hydroxylation sites is 1. The molecular weight excluding hydrogens is 268 g/mol. The zero-order chi connectivity index (χ0) is 15.5. The molecule has 0 heterocycles. The number of benzene rings is 2. The quantitative estimate of drug-likeness (QED) is 0.905. The molecule has 5 nitrogen and oxygen atoms in total. The van der Waals surface area contributed by atoms with E-state index in [0.29, 0.717) is 11.3 Å². The fourth-order valence-corrected chi connectivity index (χ4v) is 2.29. The number of hydrogen-bond acceptors (Lipinski definition) is 2. The molecule has 1 atom stereocenters. The molecule has 0 radical (unpaired) electrons. The van der Waals surface area contributed by atoms with E-state index in [-0.39, 0.29) is 0 Å². The Balaban J connectivity index is 2.64. The highest BCUT2D eigenvalue weighted by Crippen LogP contribution is 2.33. The number of anilines is 1. The van der Waals surface area contributed by atoms with E-state index in [1.807, 2.05) is 0 Å². The van der Waals surface area contributed by atoms with Crippen molar-refractivity contribution in [3.8, 4) is 0 Å². The normalized spacial score (nSPS) is 13.2. The minimum absolute atomic E-state index is 0.429. The summed E-state index contributed by atoms with van der Waals surface area (Å²) in [6.07, 6.45) is 0. The summed E-state index contributed by atoms with van der Waals surface area (Å²) in [6.45, 7) is 1.46. The van der Waals surface area contributed by atoms with Crippen LogP contribution in [-0.4, -0.2) is 17.1 Å². The maximum atomic E-state index is 11.9. The Morgan fingerprint density at radius 1 is 1.00 bits per heavy atom. The average molecular weight is 284 g/mol. The summed E-state index contributed by atoms with van der Waals surface area (Å²) in [7, 11) is 0. The minimum Gasteiger partial charge on any atom is -0.479 e. The van der Waals surface area contributed by atoms with Crippen molar-refractivity contribution < 1.29 is 14.7 Å². The van der Waals surface area contributed by atoms with Crippen LogP contribution in [0.5, 0.6) is 0 Å². The molecule has 0 aromatic heterocycles. The largest absolute Gasteiger partial charge is 0.479 e. The number of carboxylic acids is 1. The third kappa shape index (κ3) is 2.58. The molecule has 5 heteroatoms. The summed E-state index contributed by atoms with van der Waals surface area (Å²) in [6, 6.07) is 16.2. The maximum Gasteiger partial charge on any atom is 0.334 e. The van der Waals surface area contributed by atoms with Crippen LogP contribution in [0.25, 0.3) is 0 Å². The Bertz CT molecular complexity index is 643. The molecule has 0 aliphatic rings. The molecule has 2 amide bonds. The molecule has 0 bridgehead atoms. The number of amides is 2. The first kappa shape index (κ1) is 14.6. The number of nitrogens with two attached hydrogens (primary N) is 1. The van der Waals surface area contributed by atoms with Crippen molar-refractivity contribution in [2.75, 3.05) is 4.90 Å². The predicted molar refractivity (Wildman–Crippen MR) is 79.9 cm³/mol. The van der Waals surface area contributed by atoms with Crippen LogP contribution in [0.3, 0.4) is 0 Å². The smallest absolute Gasteiger partial charge is 0.334 e. The van der Waals surface area contributed by atoms with Gasteiger partial charge >= 0.3 is 12.0 Å². The first-order valence-corrected chi connectivity index (χ1v) is 6.41. The fourth-order valence-electron chi connectivity index (χ4n) is 2.29. The summed E-state index contributed by atoms with van der Waals surface area (Å²) in [5.74, 6) is -1.16. The van der Waals surface area contributed by atoms with Gasteiger partial charge in [0, 0.05) is 5.69 Å². The van der Waals surface area contributed by atoms with E-state index < -0.39 is 17.5 Å². The lowest BCUT2D eigenvalue weighted by Crippen LogP contribution is -2.55. The van der Waals surface area contributed by atoms with Crippen LogP contribution in [0.4, 0.5) is 10.5 Å². The van der Waals surface area contributed by atoms with Crippen LogP contribution in [0, 0.1) is 0 Å². The second-order valence-corrected chi connectivity index (χ2v) is 4.75. The molecule has 0 saturated carbocycles. The highest BCUT2D eigenvalue weighted by Gasteiger charge is 2.44. The first-order valence-electron chi connectivity index (χ1n) is 6.41. The van der Waals surface area contributed by atoms with Crippen LogP contribution in [0.2, 0.25) is 0 Å². The zero-order valence-corrected chi connectivity index (χ0v) is 11.6. The number of carbonyl (C=O) groups is 2. The van der Waals surface area contributed by atoms with Crippen molar-refractivity contribution in [1.29, 1.82) is 0 Å². The molecule has 0 aliphatic carbocycles. The molecule has 0 aliphatic heterocycles. The van der Waals surface area contributed by atoms with Gasteiger partial charge in [-0.15, -0.1) is 0 Å². The van der Waals surface area contributed by atoms with Gasteiger partial charge in [-0.25, -0.2) is 9.59 Å². The lowest BCUT2D eigenvalue weighted by Gasteiger charge is -2.37. The van der Waals surface area contributed by atoms with Crippen LogP contribution >= 0.6 is 0 Å². The van der Waals surface area contributed by atoms with Gasteiger partial charge in [0.15, 0.2) is 5.54 Å². The highest BCUT2D eigenvalue weighted by atomic mass is 16.4. The Hall–Kier alpha value is -2.82. The molecule has 21 heavy (non-hydrogen) atoms. The van der Waals surface area contributed by atoms with E-state index in [1.54, 1.807) is 60.7 Å². The minimum atomic E-state index is -1.59. The average Bonchev–Trinajstić information content (AvgIpc) is 2.48. The summed E-state index contributed by atoms with van der Waals surface area (Å²) >= 11 is 0. The van der Waals surface area contributed by atoms with Gasteiger partial charge in [-0.3, -0.25) is 4.90 Å². The Morgan fingerprint density at radius 3 is 1.90 bits per heavy atom. The second-order valence-electron chi connectivity index (χ2n) is 4.75. The number of nitrogens with zero attached hydrogens (tertiary/aromatic N) is 1. The summed E-state index contributed by atoms with van der Waals surface area (Å²) in [4.78, 5) is 24.9. The molecule has 2 aromatic rings. The van der Waals surface area contributed by atoms with Gasteiger partial charge in [0.25, 0.3) is 0 Å². The van der Waals surface area contributed by atoms with E-state index in [2.05, 4.69) is 0 Å². The number of primary amides is 1. The molecule has 0 spiro atoms. The molecule has 3 N–H and O–H groups in total. The lowest BCUT2D eigenvalue weighted by atomic mass is 9.89. The molecule has 0 fully saturated rings. The van der Waals surface area contributed by atoms with Gasteiger partial charge in [0.1, 0.15) is 0 Å². The number of urea groups is 1. The summed E-state index contributed by atoms with van der Waals surface area (Å²) < 4.78 is 0. The third-order valence-corrected chi connectivity index (χ3v) is 3.43. The van der Waals surface area contributed by atoms with Gasteiger partial charge in [0.2, 0.25) is 0 Å². The second kappa shape index (κ2) is 5.66. The van der Waals surface area contributed by atoms with E-state index >= 15 is 0 Å². The van der Waals surface area contributed by atoms with Gasteiger partial charge < -0.3 is 10.8 Å². The summed E-state index contributed by atoms with van der Waals surface area (Å²) in [5.41, 5.74) is 4.77. The van der Waals surface area contributed by atoms with Crippen molar-refractivity contribution in [1.82, 2.24) is 0 Å². The first-order chi connectivity index (χ1) is 9.98. The van der Waals surface area contributed by atoms with Gasteiger partial charge in [-0.2, -0.15) is 0 Å². The highest BCUT2D eigenvalue weighted by molar-refractivity contribution is 6.00. The van der Waals surface area contributed by atoms with Crippen LogP contribution in [0.15, 0.2) is 60.7 Å². The third-order valence-electron chi connectivity index (χ3n) is 3.43. The van der Waals surface area contributed by atoms with E-state index in [1.165, 1.54) is 6.92 Å². The summed E-state index contributed by atoms with van der Waals surface area (Å²) in [5, 5.41) is 9.72. The number of hydrogen-bond donors (Lipinski definition) is 2. The topological polar surface area (TPSA) is 83.6 Å². The predicted octanol–water partition coefficient (Wildman–Crippen LogP) is 2.57. The van der Waals surface area contributed by atoms with Gasteiger partial charge in [-0.1, -0.05) is 48.5 Å². The molecule has 0 saturated heterocycles. The number of carboxylic acid groups (broad SMARTS) is 1. The maximum absolute atomic E-state index is 11.9. The van der Waals surface area contributed by atoms with Crippen LogP contribution < -0.4 is 10.6 Å². The Labute approximate surface area is 122 Å². The Morgan fingerprint density at radius 2 is 1.48 bits per heavy atom. The number of carbonyl (C=O) groups excluding carboxylic acids is 1. The van der Waals surface area contributed by atoms with Crippen molar-refractivity contribution in [3.05, 3.63) is 66.2 Å². The lowest BCUT2D eigenvalue weighted by molar-refractivity contribution is -0.142. The standard InChI is InChI=1S/C16H16N2O3/c1-16(14(19)20,12-8-4-2-5-9-12)18(15(17)21)13-10-6-3-7-11-13/h2-11H,1H3,(H2,17,21)(H,19,20). The Kier molecular flexibility index (Phi) is 3.93. The van der Waals surface area contributed by atoms with E-state index in [9.17, 15) is 14.7 Å². The fraction of sp³-hybridized carbons (Fsp3) is 0.125. The van der Waals surface area contributed by atoms with Crippen molar-refractivity contribution in [2.45, 2.75) is 12.5 Å². The molecule has 1 unspecified atom stereocenters. The number of aliphatic carboxylic acids is 1. The molecule has 2 rings (SSSR count). The molecule has 108 valence electrons. The van der Waals surface area contributed by atoms with Gasteiger partial charge in [0.05, 0.1) is 0 Å². The number of rotatable bonds is 4. The monoisotopic (exact) mass is 284 g/mol. The van der Waals surface area contributed by atoms with E-state index in [4.69, 9.17) is 5.73 Å². The zero-order valence-electron chi connectivity index (χ0n) is 11.6. The van der Waals surface area contributed by atoms with Crippen molar-refractivity contribution in [2.24, 2.45) is 5.73 Å². The van der Waals surface area contributed by atoms with Crippen molar-refractivity contribution >= 4 is 17.7 Å².